The van der Waals surface area contributed by atoms with Gasteiger partial charge in [-0.25, -0.2) is 14.5 Å². The van der Waals surface area contributed by atoms with Crippen LogP contribution >= 0.6 is 11.8 Å². The topological polar surface area (TPSA) is 184 Å². The third-order valence-corrected chi connectivity index (χ3v) is 6.84. The Morgan fingerprint density at radius 1 is 0.842 bits per heavy atom. The third kappa shape index (κ3) is 5.39. The summed E-state index contributed by atoms with van der Waals surface area (Å²) >= 11 is 1.17. The summed E-state index contributed by atoms with van der Waals surface area (Å²) in [5.74, 6) is -4.92. The second kappa shape index (κ2) is 10.6. The van der Waals surface area contributed by atoms with Crippen LogP contribution in [0.25, 0.3) is 0 Å². The van der Waals surface area contributed by atoms with Gasteiger partial charge in [0.05, 0.1) is 27.6 Å². The molecule has 0 spiro atoms. The van der Waals surface area contributed by atoms with Crippen molar-refractivity contribution in [1.82, 2.24) is 0 Å². The van der Waals surface area contributed by atoms with Crippen molar-refractivity contribution in [3.05, 3.63) is 89.0 Å². The molecule has 0 aliphatic carbocycles. The van der Waals surface area contributed by atoms with Gasteiger partial charge < -0.3 is 21.3 Å². The number of amides is 4. The Labute approximate surface area is 219 Å². The molecule has 1 atom stereocenters. The first kappa shape index (κ1) is 26.1. The van der Waals surface area contributed by atoms with Gasteiger partial charge in [0.25, 0.3) is 5.91 Å². The Bertz CT molecular complexity index is 1490. The molecule has 4 amide bonds. The second-order valence-corrected chi connectivity index (χ2v) is 9.41. The quantitative estimate of drug-likeness (QED) is 0.316. The Morgan fingerprint density at radius 3 is 2.05 bits per heavy atom. The number of rotatable bonds is 8. The molecule has 1 aliphatic rings. The van der Waals surface area contributed by atoms with Crippen LogP contribution in [0.2, 0.25) is 0 Å². The van der Waals surface area contributed by atoms with Gasteiger partial charge in [0.15, 0.2) is 0 Å². The molecular weight excluding hydrogens is 514 g/mol. The van der Waals surface area contributed by atoms with E-state index in [0.717, 1.165) is 23.1 Å². The standard InChI is InChI=1S/C26H19N3O8S/c27-22(31)13-1-6-16(7-2-13)29-21(30)12-20(24(29)33)38-17-8-4-15(5-9-17)28-23(32)18-10-3-14(25(34)35)11-19(18)26(36)37/h1-11,20H,12H2,(H2,27,31)(H,28,32)(H,34,35)(H,36,37). The van der Waals surface area contributed by atoms with E-state index in [1.807, 2.05) is 0 Å². The van der Waals surface area contributed by atoms with Crippen LogP contribution in [-0.2, 0) is 9.59 Å². The molecule has 38 heavy (non-hydrogen) atoms. The molecule has 3 aromatic rings. The molecule has 192 valence electrons. The smallest absolute Gasteiger partial charge is 0.336 e. The van der Waals surface area contributed by atoms with E-state index in [2.05, 4.69) is 5.32 Å². The minimum atomic E-state index is -1.45. The third-order valence-electron chi connectivity index (χ3n) is 5.65. The zero-order valence-electron chi connectivity index (χ0n) is 19.4. The maximum Gasteiger partial charge on any atom is 0.336 e. The second-order valence-electron chi connectivity index (χ2n) is 8.14. The van der Waals surface area contributed by atoms with Crippen LogP contribution in [0.1, 0.15) is 47.9 Å². The molecule has 0 bridgehead atoms. The lowest BCUT2D eigenvalue weighted by Gasteiger charge is -2.15. The van der Waals surface area contributed by atoms with Crippen LogP contribution in [0.5, 0.6) is 0 Å². The Balaban J connectivity index is 1.43. The van der Waals surface area contributed by atoms with Crippen LogP contribution in [0.4, 0.5) is 11.4 Å². The molecule has 1 fully saturated rings. The van der Waals surface area contributed by atoms with E-state index in [0.29, 0.717) is 16.3 Å². The van der Waals surface area contributed by atoms with Crippen LogP contribution in [-0.4, -0.2) is 51.0 Å². The summed E-state index contributed by atoms with van der Waals surface area (Å²) in [4.78, 5) is 73.7. The lowest BCUT2D eigenvalue weighted by atomic mass is 10.0. The summed E-state index contributed by atoms with van der Waals surface area (Å²) in [6, 6.07) is 15.4. The summed E-state index contributed by atoms with van der Waals surface area (Å²) in [5, 5.41) is 20.3. The number of carboxylic acid groups (broad SMARTS) is 2. The van der Waals surface area contributed by atoms with Crippen LogP contribution in [0.3, 0.4) is 0 Å². The summed E-state index contributed by atoms with van der Waals surface area (Å²) in [5.41, 5.74) is 5.23. The van der Waals surface area contributed by atoms with E-state index in [-0.39, 0.29) is 29.0 Å². The minimum absolute atomic E-state index is 0.0239. The summed E-state index contributed by atoms with van der Waals surface area (Å²) < 4.78 is 0. The van der Waals surface area contributed by atoms with Gasteiger partial charge in [0.2, 0.25) is 17.7 Å². The van der Waals surface area contributed by atoms with E-state index in [9.17, 15) is 33.9 Å². The predicted octanol–water partition coefficient (Wildman–Crippen LogP) is 2.86. The molecule has 12 heteroatoms. The lowest BCUT2D eigenvalue weighted by molar-refractivity contribution is -0.121. The molecule has 5 N–H and O–H groups in total. The fraction of sp³-hybridized carbons (Fsp3) is 0.0769. The van der Waals surface area contributed by atoms with E-state index in [1.165, 1.54) is 36.0 Å². The van der Waals surface area contributed by atoms with E-state index in [1.54, 1.807) is 24.3 Å². The highest BCUT2D eigenvalue weighted by Gasteiger charge is 2.40. The highest BCUT2D eigenvalue weighted by atomic mass is 32.2. The zero-order valence-corrected chi connectivity index (χ0v) is 20.2. The van der Waals surface area contributed by atoms with Gasteiger partial charge in [-0.1, -0.05) is 0 Å². The number of nitrogens with one attached hydrogen (secondary N) is 1. The largest absolute Gasteiger partial charge is 0.478 e. The van der Waals surface area contributed by atoms with Crippen molar-refractivity contribution < 1.29 is 39.0 Å². The molecule has 4 rings (SSSR count). The maximum absolute atomic E-state index is 12.9. The average Bonchev–Trinajstić information content (AvgIpc) is 3.16. The number of nitrogens with zero attached hydrogens (tertiary/aromatic N) is 1. The molecule has 0 saturated carbocycles. The van der Waals surface area contributed by atoms with Gasteiger partial charge >= 0.3 is 11.9 Å². The fourth-order valence-corrected chi connectivity index (χ4v) is 4.83. The number of nitrogens with two attached hydrogens (primary N) is 1. The number of primary amides is 1. The monoisotopic (exact) mass is 533 g/mol. The van der Waals surface area contributed by atoms with Crippen molar-refractivity contribution in [1.29, 1.82) is 0 Å². The van der Waals surface area contributed by atoms with Gasteiger partial charge in [0, 0.05) is 22.6 Å². The van der Waals surface area contributed by atoms with Crippen LogP contribution in [0, 0.1) is 0 Å². The molecule has 1 saturated heterocycles. The lowest BCUT2D eigenvalue weighted by Crippen LogP contribution is -2.31. The van der Waals surface area contributed by atoms with Gasteiger partial charge in [-0.15, -0.1) is 11.8 Å². The van der Waals surface area contributed by atoms with Crippen LogP contribution in [0.15, 0.2) is 71.6 Å². The number of carboxylic acids is 2. The fourth-order valence-electron chi connectivity index (χ4n) is 3.77. The van der Waals surface area contributed by atoms with E-state index < -0.39 is 40.5 Å². The SMILES string of the molecule is NC(=O)c1ccc(N2C(=O)CC(Sc3ccc(NC(=O)c4ccc(C(=O)O)cc4C(=O)O)cc3)C2=O)cc1. The van der Waals surface area contributed by atoms with Gasteiger partial charge in [-0.3, -0.25) is 19.2 Å². The molecule has 11 nitrogen and oxygen atoms in total. The van der Waals surface area contributed by atoms with Crippen molar-refractivity contribution in [2.24, 2.45) is 5.73 Å². The first-order valence-electron chi connectivity index (χ1n) is 11.0. The molecule has 1 unspecified atom stereocenters. The number of hydrogen-bond acceptors (Lipinski definition) is 7. The highest BCUT2D eigenvalue weighted by molar-refractivity contribution is 8.00. The molecule has 3 aromatic carbocycles. The number of anilines is 2. The number of benzene rings is 3. The number of aromatic carboxylic acids is 2. The van der Waals surface area contributed by atoms with Crippen molar-refractivity contribution in [2.45, 2.75) is 16.6 Å². The number of carbonyl (C=O) groups is 6. The number of imide groups is 1. The predicted molar refractivity (Wildman–Crippen MR) is 136 cm³/mol. The summed E-state index contributed by atoms with van der Waals surface area (Å²) in [6.45, 7) is 0. The van der Waals surface area contributed by atoms with Crippen molar-refractivity contribution in [3.8, 4) is 0 Å². The van der Waals surface area contributed by atoms with Gasteiger partial charge in [-0.05, 0) is 66.7 Å². The first-order valence-corrected chi connectivity index (χ1v) is 11.9. The van der Waals surface area contributed by atoms with Gasteiger partial charge in [-0.2, -0.15) is 0 Å². The zero-order chi connectivity index (χ0) is 27.6. The van der Waals surface area contributed by atoms with E-state index in [4.69, 9.17) is 10.8 Å². The number of carbonyl (C=O) groups excluding carboxylic acids is 4. The summed E-state index contributed by atoms with van der Waals surface area (Å²) in [6.07, 6.45) is -0.0239. The molecular formula is C26H19N3O8S. The maximum atomic E-state index is 12.9. The normalized spacial score (nSPS) is 14.8. The molecule has 0 radical (unpaired) electrons. The van der Waals surface area contributed by atoms with Crippen molar-refractivity contribution in [3.63, 3.8) is 0 Å². The molecule has 1 heterocycles. The first-order chi connectivity index (χ1) is 18.0. The Kier molecular flexibility index (Phi) is 7.26. The molecule has 1 aliphatic heterocycles. The summed E-state index contributed by atoms with van der Waals surface area (Å²) in [7, 11) is 0. The average molecular weight is 534 g/mol. The minimum Gasteiger partial charge on any atom is -0.478 e. The van der Waals surface area contributed by atoms with E-state index >= 15 is 0 Å². The Morgan fingerprint density at radius 2 is 1.47 bits per heavy atom. The van der Waals surface area contributed by atoms with Crippen molar-refractivity contribution >= 4 is 58.7 Å². The number of hydrogen-bond donors (Lipinski definition) is 4. The molecule has 0 aromatic heterocycles. The highest BCUT2D eigenvalue weighted by Crippen LogP contribution is 2.34. The van der Waals surface area contributed by atoms with Crippen LogP contribution < -0.4 is 16.0 Å². The van der Waals surface area contributed by atoms with Crippen molar-refractivity contribution in [2.75, 3.05) is 10.2 Å². The Hall–Kier alpha value is -4.97. The number of thioether (sulfide) groups is 1. The van der Waals surface area contributed by atoms with Gasteiger partial charge in [0.1, 0.15) is 0 Å².